The van der Waals surface area contributed by atoms with E-state index in [4.69, 9.17) is 5.11 Å². The average molecular weight is 245 g/mol. The monoisotopic (exact) mass is 245 g/mol. The highest BCUT2D eigenvalue weighted by molar-refractivity contribution is 5.54. The van der Waals surface area contributed by atoms with E-state index in [1.807, 2.05) is 19.1 Å². The highest BCUT2D eigenvalue weighted by Gasteiger charge is 2.11. The molecule has 0 aliphatic heterocycles. The molecule has 0 bridgehead atoms. The second-order valence-corrected chi connectivity index (χ2v) is 4.12. The van der Waals surface area contributed by atoms with Crippen molar-refractivity contribution in [1.29, 1.82) is 0 Å². The lowest BCUT2D eigenvalue weighted by Gasteiger charge is -2.07. The third-order valence-electron chi connectivity index (χ3n) is 2.82. The van der Waals surface area contributed by atoms with Gasteiger partial charge in [-0.25, -0.2) is 4.98 Å². The van der Waals surface area contributed by atoms with Crippen LogP contribution in [0, 0.1) is 13.8 Å². The van der Waals surface area contributed by atoms with Crippen molar-refractivity contribution in [2.75, 3.05) is 6.61 Å². The largest absolute Gasteiger partial charge is 0.396 e. The lowest BCUT2D eigenvalue weighted by molar-refractivity contribution is 0.298. The normalized spacial score (nSPS) is 10.6. The topological polar surface area (TPSA) is 78.9 Å². The summed E-state index contributed by atoms with van der Waals surface area (Å²) >= 11 is 0. The number of rotatable bonds is 3. The van der Waals surface area contributed by atoms with Gasteiger partial charge in [-0.15, -0.1) is 0 Å². The first-order valence-electron chi connectivity index (χ1n) is 5.76. The molecule has 94 valence electrons. The van der Waals surface area contributed by atoms with E-state index in [1.165, 1.54) is 0 Å². The Morgan fingerprint density at radius 2 is 2.17 bits per heavy atom. The standard InChI is InChI=1S/C13H15N3O2/c1-8-4-3-6-14-11(8)12-15-9(2)10(5-7-17)13(18)16-12/h3-4,6,17H,5,7H2,1-2H3,(H,15,16,18). The first-order valence-corrected chi connectivity index (χ1v) is 5.76. The van der Waals surface area contributed by atoms with E-state index in [-0.39, 0.29) is 12.2 Å². The highest BCUT2D eigenvalue weighted by atomic mass is 16.3. The summed E-state index contributed by atoms with van der Waals surface area (Å²) in [7, 11) is 0. The number of H-pyrrole nitrogens is 1. The second-order valence-electron chi connectivity index (χ2n) is 4.12. The van der Waals surface area contributed by atoms with Crippen molar-refractivity contribution < 1.29 is 5.11 Å². The van der Waals surface area contributed by atoms with Crippen molar-refractivity contribution in [2.45, 2.75) is 20.3 Å². The van der Waals surface area contributed by atoms with E-state index in [0.29, 0.717) is 29.2 Å². The maximum Gasteiger partial charge on any atom is 0.254 e. The number of aliphatic hydroxyl groups is 1. The van der Waals surface area contributed by atoms with Crippen molar-refractivity contribution >= 4 is 0 Å². The predicted molar refractivity (Wildman–Crippen MR) is 68.4 cm³/mol. The van der Waals surface area contributed by atoms with Crippen LogP contribution in [0.5, 0.6) is 0 Å². The van der Waals surface area contributed by atoms with Crippen LogP contribution in [0.4, 0.5) is 0 Å². The van der Waals surface area contributed by atoms with Crippen LogP contribution in [0.25, 0.3) is 11.5 Å². The van der Waals surface area contributed by atoms with Crippen molar-refractivity contribution in [1.82, 2.24) is 15.0 Å². The van der Waals surface area contributed by atoms with E-state index in [9.17, 15) is 4.79 Å². The van der Waals surface area contributed by atoms with Gasteiger partial charge in [-0.05, 0) is 25.5 Å². The number of aromatic amines is 1. The van der Waals surface area contributed by atoms with Gasteiger partial charge in [-0.2, -0.15) is 0 Å². The SMILES string of the molecule is Cc1cccnc1-c1nc(C)c(CCO)c(=O)[nH]1. The molecule has 0 aliphatic carbocycles. The summed E-state index contributed by atoms with van der Waals surface area (Å²) in [5, 5.41) is 8.91. The Morgan fingerprint density at radius 1 is 1.39 bits per heavy atom. The summed E-state index contributed by atoms with van der Waals surface area (Å²) in [5.41, 5.74) is 2.57. The molecule has 2 heterocycles. The summed E-state index contributed by atoms with van der Waals surface area (Å²) in [6, 6.07) is 3.75. The minimum atomic E-state index is -0.211. The van der Waals surface area contributed by atoms with Crippen LogP contribution in [0.1, 0.15) is 16.8 Å². The number of hydrogen-bond acceptors (Lipinski definition) is 4. The van der Waals surface area contributed by atoms with E-state index in [0.717, 1.165) is 5.56 Å². The van der Waals surface area contributed by atoms with Gasteiger partial charge < -0.3 is 10.1 Å². The molecule has 0 radical (unpaired) electrons. The molecule has 0 fully saturated rings. The number of hydrogen-bond donors (Lipinski definition) is 2. The van der Waals surface area contributed by atoms with Gasteiger partial charge in [0.1, 0.15) is 5.69 Å². The number of pyridine rings is 1. The van der Waals surface area contributed by atoms with Gasteiger partial charge in [0.2, 0.25) is 0 Å². The predicted octanol–water partition coefficient (Wildman–Crippen LogP) is 0.984. The van der Waals surface area contributed by atoms with Crippen LogP contribution in [-0.2, 0) is 6.42 Å². The number of aryl methyl sites for hydroxylation is 2. The van der Waals surface area contributed by atoms with Crippen molar-refractivity contribution in [3.63, 3.8) is 0 Å². The summed E-state index contributed by atoms with van der Waals surface area (Å²) < 4.78 is 0. The van der Waals surface area contributed by atoms with E-state index < -0.39 is 0 Å². The molecule has 0 aromatic carbocycles. The maximum atomic E-state index is 11.9. The van der Waals surface area contributed by atoms with Crippen LogP contribution >= 0.6 is 0 Å². The van der Waals surface area contributed by atoms with Crippen LogP contribution in [0.2, 0.25) is 0 Å². The Kier molecular flexibility index (Phi) is 3.53. The molecular weight excluding hydrogens is 230 g/mol. The molecule has 0 spiro atoms. The van der Waals surface area contributed by atoms with Crippen molar-refractivity contribution in [3.8, 4) is 11.5 Å². The molecule has 0 aliphatic rings. The van der Waals surface area contributed by atoms with Gasteiger partial charge in [0.05, 0.1) is 0 Å². The molecule has 0 amide bonds. The lowest BCUT2D eigenvalue weighted by atomic mass is 10.1. The maximum absolute atomic E-state index is 11.9. The van der Waals surface area contributed by atoms with E-state index in [1.54, 1.807) is 13.1 Å². The van der Waals surface area contributed by atoms with Crippen molar-refractivity contribution in [3.05, 3.63) is 45.5 Å². The first kappa shape index (κ1) is 12.4. The van der Waals surface area contributed by atoms with Gasteiger partial charge in [-0.1, -0.05) is 6.07 Å². The molecule has 0 saturated carbocycles. The minimum Gasteiger partial charge on any atom is -0.396 e. The fourth-order valence-electron chi connectivity index (χ4n) is 1.86. The Balaban J connectivity index is 2.55. The number of nitrogens with one attached hydrogen (secondary N) is 1. The number of nitrogens with zero attached hydrogens (tertiary/aromatic N) is 2. The molecule has 2 aromatic heterocycles. The number of aliphatic hydroxyl groups excluding tert-OH is 1. The van der Waals surface area contributed by atoms with Gasteiger partial charge >= 0.3 is 0 Å². The molecule has 2 rings (SSSR count). The molecule has 2 aromatic rings. The van der Waals surface area contributed by atoms with E-state index in [2.05, 4.69) is 15.0 Å². The molecular formula is C13H15N3O2. The van der Waals surface area contributed by atoms with Gasteiger partial charge in [-0.3, -0.25) is 9.78 Å². The summed E-state index contributed by atoms with van der Waals surface area (Å²) in [5.74, 6) is 0.470. The Bertz CT molecular complexity index is 620. The third kappa shape index (κ3) is 2.31. The highest BCUT2D eigenvalue weighted by Crippen LogP contribution is 2.15. The lowest BCUT2D eigenvalue weighted by Crippen LogP contribution is -2.19. The first-order chi connectivity index (χ1) is 8.63. The second kappa shape index (κ2) is 5.10. The molecule has 18 heavy (non-hydrogen) atoms. The van der Waals surface area contributed by atoms with Crippen molar-refractivity contribution in [2.24, 2.45) is 0 Å². The summed E-state index contributed by atoms with van der Waals surface area (Å²) in [6.07, 6.45) is 1.98. The summed E-state index contributed by atoms with van der Waals surface area (Å²) in [4.78, 5) is 23.2. The Labute approximate surface area is 105 Å². The van der Waals surface area contributed by atoms with Crippen LogP contribution in [0.3, 0.4) is 0 Å². The molecule has 0 saturated heterocycles. The van der Waals surface area contributed by atoms with Gasteiger partial charge in [0.25, 0.3) is 5.56 Å². The van der Waals surface area contributed by atoms with Gasteiger partial charge in [0.15, 0.2) is 5.82 Å². The van der Waals surface area contributed by atoms with Crippen LogP contribution in [-0.4, -0.2) is 26.7 Å². The van der Waals surface area contributed by atoms with Gasteiger partial charge in [0, 0.05) is 30.5 Å². The summed E-state index contributed by atoms with van der Waals surface area (Å²) in [6.45, 7) is 3.62. The Hall–Kier alpha value is -2.01. The third-order valence-corrected chi connectivity index (χ3v) is 2.82. The zero-order valence-corrected chi connectivity index (χ0v) is 10.4. The van der Waals surface area contributed by atoms with Crippen LogP contribution in [0.15, 0.2) is 23.1 Å². The zero-order chi connectivity index (χ0) is 13.1. The molecule has 2 N–H and O–H groups in total. The molecule has 5 nitrogen and oxygen atoms in total. The quantitative estimate of drug-likeness (QED) is 0.845. The fraction of sp³-hybridized carbons (Fsp3) is 0.308. The molecule has 0 unspecified atom stereocenters. The molecule has 0 atom stereocenters. The van der Waals surface area contributed by atoms with Crippen LogP contribution < -0.4 is 5.56 Å². The molecule has 5 heteroatoms. The fourth-order valence-corrected chi connectivity index (χ4v) is 1.86. The van der Waals surface area contributed by atoms with E-state index >= 15 is 0 Å². The number of aromatic nitrogens is 3. The minimum absolute atomic E-state index is 0.0619. The Morgan fingerprint density at radius 3 is 2.78 bits per heavy atom. The average Bonchev–Trinajstić information content (AvgIpc) is 2.34. The smallest absolute Gasteiger partial charge is 0.254 e. The zero-order valence-electron chi connectivity index (χ0n) is 10.4.